The molecule has 2 fully saturated rings. The van der Waals surface area contributed by atoms with E-state index in [2.05, 4.69) is 11.0 Å². The average Bonchev–Trinajstić information content (AvgIpc) is 3.19. The molecule has 2 saturated carbocycles. The number of para-hydroxylation sites is 1. The molecule has 3 rings (SSSR count). The summed E-state index contributed by atoms with van der Waals surface area (Å²) in [4.78, 5) is 14.6. The summed E-state index contributed by atoms with van der Waals surface area (Å²) >= 11 is 0. The van der Waals surface area contributed by atoms with Crippen LogP contribution in [0.3, 0.4) is 0 Å². The molecule has 110 valence electrons. The Bertz CT molecular complexity index is 554. The van der Waals surface area contributed by atoms with Crippen LogP contribution in [0.5, 0.6) is 5.75 Å². The van der Waals surface area contributed by atoms with Gasteiger partial charge in [-0.25, -0.2) is 0 Å². The molecule has 0 saturated heterocycles. The molecule has 2 aliphatic carbocycles. The van der Waals surface area contributed by atoms with Crippen LogP contribution in [0.4, 0.5) is 0 Å². The second kappa shape index (κ2) is 6.17. The summed E-state index contributed by atoms with van der Waals surface area (Å²) in [7, 11) is 0. The van der Waals surface area contributed by atoms with E-state index < -0.39 is 0 Å². The van der Waals surface area contributed by atoms with Crippen LogP contribution in [0.25, 0.3) is 0 Å². The molecular formula is C17H20N2O2. The van der Waals surface area contributed by atoms with Gasteiger partial charge in [0, 0.05) is 12.1 Å². The zero-order chi connectivity index (χ0) is 14.7. The fourth-order valence-electron chi connectivity index (χ4n) is 3.14. The molecule has 0 unspecified atom stereocenters. The molecule has 0 atom stereocenters. The largest absolute Gasteiger partial charge is 0.482 e. The Kier molecular flexibility index (Phi) is 4.10. The lowest BCUT2D eigenvalue weighted by atomic mass is 10.2. The smallest absolute Gasteiger partial charge is 0.261 e. The normalized spacial score (nSPS) is 18.2. The van der Waals surface area contributed by atoms with Crippen molar-refractivity contribution >= 4 is 5.91 Å². The Morgan fingerprint density at radius 1 is 1.19 bits per heavy atom. The van der Waals surface area contributed by atoms with Gasteiger partial charge in [0.05, 0.1) is 5.56 Å². The van der Waals surface area contributed by atoms with Gasteiger partial charge in [0.15, 0.2) is 6.61 Å². The maximum absolute atomic E-state index is 12.5. The van der Waals surface area contributed by atoms with Crippen LogP contribution in [-0.2, 0) is 4.79 Å². The number of carbonyl (C=O) groups is 1. The average molecular weight is 284 g/mol. The monoisotopic (exact) mass is 284 g/mol. The predicted molar refractivity (Wildman–Crippen MR) is 78.8 cm³/mol. The SMILES string of the molecule is N#Cc1ccccc1OCC(=O)N(C1CCCC1)C1CC1. The Morgan fingerprint density at radius 3 is 2.52 bits per heavy atom. The molecule has 0 heterocycles. The Hall–Kier alpha value is -2.02. The Labute approximate surface area is 125 Å². The van der Waals surface area contributed by atoms with Crippen LogP contribution in [0.1, 0.15) is 44.1 Å². The third-order valence-electron chi connectivity index (χ3n) is 4.30. The van der Waals surface area contributed by atoms with Crippen LogP contribution in [0.2, 0.25) is 0 Å². The number of hydrogen-bond donors (Lipinski definition) is 0. The molecule has 4 nitrogen and oxygen atoms in total. The summed E-state index contributed by atoms with van der Waals surface area (Å²) in [5, 5.41) is 9.04. The van der Waals surface area contributed by atoms with Gasteiger partial charge in [-0.2, -0.15) is 5.26 Å². The van der Waals surface area contributed by atoms with Crippen molar-refractivity contribution in [1.29, 1.82) is 5.26 Å². The van der Waals surface area contributed by atoms with Gasteiger partial charge >= 0.3 is 0 Å². The van der Waals surface area contributed by atoms with Crippen molar-refractivity contribution in [2.45, 2.75) is 50.6 Å². The fraction of sp³-hybridized carbons (Fsp3) is 0.529. The summed E-state index contributed by atoms with van der Waals surface area (Å²) < 4.78 is 5.59. The number of hydrogen-bond acceptors (Lipinski definition) is 3. The van der Waals surface area contributed by atoms with Crippen LogP contribution >= 0.6 is 0 Å². The van der Waals surface area contributed by atoms with Crippen molar-refractivity contribution in [3.05, 3.63) is 29.8 Å². The first-order valence-corrected chi connectivity index (χ1v) is 7.72. The number of amides is 1. The van der Waals surface area contributed by atoms with Crippen molar-refractivity contribution in [2.75, 3.05) is 6.61 Å². The van der Waals surface area contributed by atoms with E-state index in [4.69, 9.17) is 10.00 Å². The highest BCUT2D eigenvalue weighted by Crippen LogP contribution is 2.34. The van der Waals surface area contributed by atoms with Crippen LogP contribution in [0.15, 0.2) is 24.3 Å². The first-order valence-electron chi connectivity index (χ1n) is 7.72. The zero-order valence-electron chi connectivity index (χ0n) is 12.1. The summed E-state index contributed by atoms with van der Waals surface area (Å²) in [6.45, 7) is 0.0334. The Morgan fingerprint density at radius 2 is 1.86 bits per heavy atom. The van der Waals surface area contributed by atoms with Gasteiger partial charge in [0.1, 0.15) is 11.8 Å². The van der Waals surface area contributed by atoms with Crippen LogP contribution < -0.4 is 4.74 Å². The molecule has 2 aliphatic rings. The van der Waals surface area contributed by atoms with Crippen molar-refractivity contribution in [2.24, 2.45) is 0 Å². The Balaban J connectivity index is 1.63. The quantitative estimate of drug-likeness (QED) is 0.835. The van der Waals surface area contributed by atoms with Gasteiger partial charge in [0.25, 0.3) is 5.91 Å². The molecule has 21 heavy (non-hydrogen) atoms. The lowest BCUT2D eigenvalue weighted by Crippen LogP contribution is -2.43. The highest BCUT2D eigenvalue weighted by molar-refractivity contribution is 5.79. The molecule has 0 aliphatic heterocycles. The van der Waals surface area contributed by atoms with Crippen molar-refractivity contribution in [3.8, 4) is 11.8 Å². The van der Waals surface area contributed by atoms with E-state index in [0.717, 1.165) is 25.7 Å². The lowest BCUT2D eigenvalue weighted by Gasteiger charge is -2.29. The minimum atomic E-state index is 0.0334. The highest BCUT2D eigenvalue weighted by Gasteiger charge is 2.38. The molecule has 0 aromatic heterocycles. The summed E-state index contributed by atoms with van der Waals surface area (Å²) in [6, 6.07) is 9.97. The van der Waals surface area contributed by atoms with E-state index in [1.165, 1.54) is 12.8 Å². The third kappa shape index (κ3) is 3.18. The number of benzene rings is 1. The maximum Gasteiger partial charge on any atom is 0.261 e. The minimum absolute atomic E-state index is 0.0334. The number of rotatable bonds is 5. The van der Waals surface area contributed by atoms with E-state index in [0.29, 0.717) is 23.4 Å². The number of nitriles is 1. The first-order chi connectivity index (χ1) is 10.3. The molecule has 1 amide bonds. The van der Waals surface area contributed by atoms with Gasteiger partial charge in [-0.1, -0.05) is 25.0 Å². The van der Waals surface area contributed by atoms with E-state index in [1.54, 1.807) is 18.2 Å². The van der Waals surface area contributed by atoms with E-state index >= 15 is 0 Å². The van der Waals surface area contributed by atoms with Gasteiger partial charge in [-0.3, -0.25) is 4.79 Å². The van der Waals surface area contributed by atoms with Crippen molar-refractivity contribution in [3.63, 3.8) is 0 Å². The molecule has 1 aromatic carbocycles. The van der Waals surface area contributed by atoms with Gasteiger partial charge < -0.3 is 9.64 Å². The van der Waals surface area contributed by atoms with Crippen molar-refractivity contribution < 1.29 is 9.53 Å². The van der Waals surface area contributed by atoms with Crippen LogP contribution in [-0.4, -0.2) is 29.5 Å². The zero-order valence-corrected chi connectivity index (χ0v) is 12.1. The van der Waals surface area contributed by atoms with E-state index in [9.17, 15) is 4.79 Å². The summed E-state index contributed by atoms with van der Waals surface area (Å²) in [5.74, 6) is 0.563. The summed E-state index contributed by atoms with van der Waals surface area (Å²) in [5.41, 5.74) is 0.476. The molecule has 1 aromatic rings. The second-order valence-corrected chi connectivity index (χ2v) is 5.87. The van der Waals surface area contributed by atoms with Crippen molar-refractivity contribution in [1.82, 2.24) is 4.90 Å². The summed E-state index contributed by atoms with van der Waals surface area (Å²) in [6.07, 6.45) is 6.93. The van der Waals surface area contributed by atoms with Gasteiger partial charge in [0.2, 0.25) is 0 Å². The standard InChI is InChI=1S/C17H20N2O2/c18-11-13-5-1-4-8-16(13)21-12-17(20)19(15-9-10-15)14-6-2-3-7-14/h1,4-5,8,14-15H,2-3,6-7,9-10,12H2. The highest BCUT2D eigenvalue weighted by atomic mass is 16.5. The molecule has 0 bridgehead atoms. The van der Waals surface area contributed by atoms with Gasteiger partial charge in [-0.15, -0.1) is 0 Å². The minimum Gasteiger partial charge on any atom is -0.482 e. The molecule has 0 N–H and O–H groups in total. The fourth-order valence-corrected chi connectivity index (χ4v) is 3.14. The van der Waals surface area contributed by atoms with E-state index in [1.807, 2.05) is 6.07 Å². The van der Waals surface area contributed by atoms with Crippen LogP contribution in [0, 0.1) is 11.3 Å². The number of carbonyl (C=O) groups excluding carboxylic acids is 1. The van der Waals surface area contributed by atoms with E-state index in [-0.39, 0.29) is 12.5 Å². The lowest BCUT2D eigenvalue weighted by molar-refractivity contribution is -0.136. The first kappa shape index (κ1) is 13.9. The third-order valence-corrected chi connectivity index (χ3v) is 4.30. The number of ether oxygens (including phenoxy) is 1. The topological polar surface area (TPSA) is 53.3 Å². The molecule has 4 heteroatoms. The maximum atomic E-state index is 12.5. The van der Waals surface area contributed by atoms with Gasteiger partial charge in [-0.05, 0) is 37.8 Å². The second-order valence-electron chi connectivity index (χ2n) is 5.87. The number of nitrogens with zero attached hydrogens (tertiary/aromatic N) is 2. The predicted octanol–water partition coefficient (Wildman–Crippen LogP) is 2.87. The molecule has 0 radical (unpaired) electrons. The molecular weight excluding hydrogens is 264 g/mol. The molecule has 0 spiro atoms.